The van der Waals surface area contributed by atoms with Gasteiger partial charge in [0, 0.05) is 22.8 Å². The van der Waals surface area contributed by atoms with Gasteiger partial charge in [0.25, 0.3) is 5.91 Å². The van der Waals surface area contributed by atoms with E-state index in [0.717, 1.165) is 16.0 Å². The molecule has 0 saturated heterocycles. The molecule has 2 aromatic rings. The molecule has 1 amide bonds. The number of aromatic nitrogens is 1. The number of pyridine rings is 1. The van der Waals surface area contributed by atoms with Crippen molar-refractivity contribution in [1.82, 2.24) is 10.3 Å². The zero-order valence-corrected chi connectivity index (χ0v) is 12.0. The number of hydrogen-bond donors (Lipinski definition) is 2. The van der Waals surface area contributed by atoms with E-state index in [9.17, 15) is 4.79 Å². The fourth-order valence-electron chi connectivity index (χ4n) is 1.68. The molecule has 0 fully saturated rings. The first kappa shape index (κ1) is 14.3. The highest BCUT2D eigenvalue weighted by Gasteiger charge is 2.08. The van der Waals surface area contributed by atoms with Crippen LogP contribution in [-0.4, -0.2) is 17.4 Å². The molecule has 20 heavy (non-hydrogen) atoms. The smallest absolute Gasteiger partial charge is 0.253 e. The van der Waals surface area contributed by atoms with E-state index >= 15 is 0 Å². The van der Waals surface area contributed by atoms with E-state index in [1.54, 1.807) is 23.7 Å². The molecule has 0 radical (unpaired) electrons. The summed E-state index contributed by atoms with van der Waals surface area (Å²) in [6.45, 7) is 2.69. The van der Waals surface area contributed by atoms with Gasteiger partial charge < -0.3 is 11.1 Å². The van der Waals surface area contributed by atoms with E-state index in [1.807, 2.05) is 24.4 Å². The Bertz CT molecular complexity index is 667. The van der Waals surface area contributed by atoms with Crippen molar-refractivity contribution in [2.24, 2.45) is 5.73 Å². The second-order valence-corrected chi connectivity index (χ2v) is 5.20. The average Bonchev–Trinajstić information content (AvgIpc) is 2.90. The molecular weight excluding hydrogens is 270 g/mol. The van der Waals surface area contributed by atoms with Gasteiger partial charge in [-0.3, -0.25) is 9.78 Å². The molecule has 0 aliphatic heterocycles. The lowest BCUT2D eigenvalue weighted by atomic mass is 10.2. The molecule has 2 aromatic heterocycles. The molecule has 0 bridgehead atoms. The van der Waals surface area contributed by atoms with Crippen LogP contribution in [0.1, 0.15) is 26.4 Å². The fourth-order valence-corrected chi connectivity index (χ4v) is 2.45. The van der Waals surface area contributed by atoms with Crippen LogP contribution in [0.3, 0.4) is 0 Å². The highest BCUT2D eigenvalue weighted by atomic mass is 32.1. The quantitative estimate of drug-likeness (QED) is 0.843. The summed E-state index contributed by atoms with van der Waals surface area (Å²) in [5, 5.41) is 4.83. The molecule has 0 atom stereocenters. The summed E-state index contributed by atoms with van der Waals surface area (Å²) < 4.78 is 0. The number of thiophene rings is 1. The van der Waals surface area contributed by atoms with Crippen LogP contribution in [0.4, 0.5) is 0 Å². The van der Waals surface area contributed by atoms with Crippen LogP contribution in [0.2, 0.25) is 0 Å². The molecule has 0 spiro atoms. The Morgan fingerprint density at radius 3 is 3.10 bits per heavy atom. The predicted octanol–water partition coefficient (Wildman–Crippen LogP) is 1.69. The SMILES string of the molecule is Cc1cncc(C(=O)NCc2sccc2C#CCN)c1. The van der Waals surface area contributed by atoms with Crippen molar-refractivity contribution in [2.75, 3.05) is 6.54 Å². The first-order chi connectivity index (χ1) is 9.70. The number of rotatable bonds is 3. The lowest BCUT2D eigenvalue weighted by molar-refractivity contribution is 0.0951. The summed E-state index contributed by atoms with van der Waals surface area (Å²) >= 11 is 1.57. The first-order valence-corrected chi connectivity index (χ1v) is 7.04. The summed E-state index contributed by atoms with van der Waals surface area (Å²) in [5.41, 5.74) is 7.81. The van der Waals surface area contributed by atoms with Crippen molar-refractivity contribution in [1.29, 1.82) is 0 Å². The number of nitrogens with two attached hydrogens (primary N) is 1. The summed E-state index contributed by atoms with van der Waals surface area (Å²) in [5.74, 6) is 5.68. The normalized spacial score (nSPS) is 9.70. The number of carbonyl (C=O) groups excluding carboxylic acids is 1. The Hall–Kier alpha value is -2.16. The largest absolute Gasteiger partial charge is 0.347 e. The summed E-state index contributed by atoms with van der Waals surface area (Å²) in [6.07, 6.45) is 3.28. The topological polar surface area (TPSA) is 68.0 Å². The summed E-state index contributed by atoms with van der Waals surface area (Å²) in [4.78, 5) is 17.1. The molecule has 102 valence electrons. The van der Waals surface area contributed by atoms with Crippen LogP contribution in [0.5, 0.6) is 0 Å². The lowest BCUT2D eigenvalue weighted by Gasteiger charge is -2.04. The van der Waals surface area contributed by atoms with Gasteiger partial charge in [-0.2, -0.15) is 0 Å². The van der Waals surface area contributed by atoms with Gasteiger partial charge in [-0.05, 0) is 30.0 Å². The maximum absolute atomic E-state index is 12.0. The van der Waals surface area contributed by atoms with Gasteiger partial charge in [0.15, 0.2) is 0 Å². The van der Waals surface area contributed by atoms with Crippen molar-refractivity contribution < 1.29 is 4.79 Å². The molecule has 0 aliphatic rings. The van der Waals surface area contributed by atoms with Gasteiger partial charge in [-0.15, -0.1) is 11.3 Å². The number of nitrogens with zero attached hydrogens (tertiary/aromatic N) is 1. The van der Waals surface area contributed by atoms with Crippen molar-refractivity contribution >= 4 is 17.2 Å². The highest BCUT2D eigenvalue weighted by molar-refractivity contribution is 7.10. The Morgan fingerprint density at radius 2 is 2.35 bits per heavy atom. The van der Waals surface area contributed by atoms with E-state index in [0.29, 0.717) is 18.7 Å². The van der Waals surface area contributed by atoms with Gasteiger partial charge in [0.05, 0.1) is 18.7 Å². The van der Waals surface area contributed by atoms with Crippen LogP contribution in [0.15, 0.2) is 29.9 Å². The molecule has 0 saturated carbocycles. The van der Waals surface area contributed by atoms with E-state index in [4.69, 9.17) is 5.73 Å². The monoisotopic (exact) mass is 285 g/mol. The van der Waals surface area contributed by atoms with Crippen molar-refractivity contribution in [3.05, 3.63) is 51.5 Å². The number of amides is 1. The minimum Gasteiger partial charge on any atom is -0.347 e. The molecule has 0 aromatic carbocycles. The maximum Gasteiger partial charge on any atom is 0.253 e. The highest BCUT2D eigenvalue weighted by Crippen LogP contribution is 2.15. The second-order valence-electron chi connectivity index (χ2n) is 4.20. The van der Waals surface area contributed by atoms with Crippen molar-refractivity contribution in [3.8, 4) is 11.8 Å². The van der Waals surface area contributed by atoms with Gasteiger partial charge >= 0.3 is 0 Å². The Balaban J connectivity index is 2.02. The molecule has 0 unspecified atom stereocenters. The van der Waals surface area contributed by atoms with E-state index in [-0.39, 0.29) is 5.91 Å². The maximum atomic E-state index is 12.0. The fraction of sp³-hybridized carbons (Fsp3) is 0.200. The number of aryl methyl sites for hydroxylation is 1. The zero-order valence-electron chi connectivity index (χ0n) is 11.1. The van der Waals surface area contributed by atoms with Crippen LogP contribution >= 0.6 is 11.3 Å². The second kappa shape index (κ2) is 6.85. The van der Waals surface area contributed by atoms with Crippen molar-refractivity contribution in [2.45, 2.75) is 13.5 Å². The summed E-state index contributed by atoms with van der Waals surface area (Å²) in [6, 6.07) is 3.74. The number of hydrogen-bond acceptors (Lipinski definition) is 4. The van der Waals surface area contributed by atoms with E-state index in [2.05, 4.69) is 22.1 Å². The third-order valence-electron chi connectivity index (χ3n) is 2.62. The third kappa shape index (κ3) is 3.67. The number of nitrogens with one attached hydrogen (secondary N) is 1. The van der Waals surface area contributed by atoms with Crippen LogP contribution in [-0.2, 0) is 6.54 Å². The van der Waals surface area contributed by atoms with Gasteiger partial charge in [-0.1, -0.05) is 11.8 Å². The van der Waals surface area contributed by atoms with E-state index in [1.165, 1.54) is 0 Å². The van der Waals surface area contributed by atoms with Crippen molar-refractivity contribution in [3.63, 3.8) is 0 Å². The zero-order chi connectivity index (χ0) is 14.4. The minimum absolute atomic E-state index is 0.132. The number of carbonyl (C=O) groups is 1. The molecular formula is C15H15N3OS. The van der Waals surface area contributed by atoms with Gasteiger partial charge in [0.2, 0.25) is 0 Å². The van der Waals surface area contributed by atoms with Crippen LogP contribution in [0, 0.1) is 18.8 Å². The standard InChI is InChI=1S/C15H15N3OS/c1-11-7-13(9-17-8-11)15(19)18-10-14-12(3-2-5-16)4-6-20-14/h4,6-9H,5,10,16H2,1H3,(H,18,19). The van der Waals surface area contributed by atoms with Crippen LogP contribution < -0.4 is 11.1 Å². The van der Waals surface area contributed by atoms with Gasteiger partial charge in [0.1, 0.15) is 0 Å². The van der Waals surface area contributed by atoms with E-state index < -0.39 is 0 Å². The third-order valence-corrected chi connectivity index (χ3v) is 3.54. The lowest BCUT2D eigenvalue weighted by Crippen LogP contribution is -2.22. The molecule has 3 N–H and O–H groups in total. The average molecular weight is 285 g/mol. The Morgan fingerprint density at radius 1 is 1.50 bits per heavy atom. The predicted molar refractivity (Wildman–Crippen MR) is 80.4 cm³/mol. The molecule has 2 heterocycles. The van der Waals surface area contributed by atoms with Crippen LogP contribution in [0.25, 0.3) is 0 Å². The molecule has 5 heteroatoms. The van der Waals surface area contributed by atoms with Gasteiger partial charge in [-0.25, -0.2) is 0 Å². The molecule has 2 rings (SSSR count). The Labute approximate surface area is 122 Å². The Kier molecular flexibility index (Phi) is 4.88. The molecule has 0 aliphatic carbocycles. The summed E-state index contributed by atoms with van der Waals surface area (Å²) in [7, 11) is 0. The first-order valence-electron chi connectivity index (χ1n) is 6.16. The molecule has 4 nitrogen and oxygen atoms in total. The minimum atomic E-state index is -0.132.